The maximum Gasteiger partial charge on any atom is 0.416 e. The van der Waals surface area contributed by atoms with Gasteiger partial charge in [-0.1, -0.05) is 30.3 Å². The monoisotopic (exact) mass is 408 g/mol. The number of aromatic amines is 1. The van der Waals surface area contributed by atoms with Gasteiger partial charge in [0.25, 0.3) is 0 Å². The number of hydrogen-bond acceptors (Lipinski definition) is 3. The number of benzene rings is 2. The number of alkyl halides is 3. The van der Waals surface area contributed by atoms with E-state index in [0.29, 0.717) is 5.56 Å². The predicted molar refractivity (Wildman–Crippen MR) is 110 cm³/mol. The number of nitrogens with zero attached hydrogens (tertiary/aromatic N) is 2. The fourth-order valence-electron chi connectivity index (χ4n) is 4.17. The van der Waals surface area contributed by atoms with E-state index in [1.165, 1.54) is 17.7 Å². The summed E-state index contributed by atoms with van der Waals surface area (Å²) in [5.74, 6) is 0.780. The largest absolute Gasteiger partial charge is 0.416 e. The van der Waals surface area contributed by atoms with E-state index in [-0.39, 0.29) is 0 Å². The third-order valence-corrected chi connectivity index (χ3v) is 5.59. The molecule has 0 spiro atoms. The van der Waals surface area contributed by atoms with Crippen LogP contribution >= 0.6 is 0 Å². The Morgan fingerprint density at radius 1 is 1.00 bits per heavy atom. The molecule has 0 bridgehead atoms. The van der Waals surface area contributed by atoms with Crippen molar-refractivity contribution >= 4 is 17.6 Å². The topological polar surface area (TPSA) is 52.5 Å². The first kappa shape index (κ1) is 18.7. The number of aromatic nitrogens is 1. The molecule has 0 saturated heterocycles. The Labute approximate surface area is 170 Å². The van der Waals surface area contributed by atoms with Crippen molar-refractivity contribution in [2.75, 3.05) is 5.43 Å². The molecular weight excluding hydrogens is 389 g/mol. The van der Waals surface area contributed by atoms with E-state index in [2.05, 4.69) is 21.6 Å². The standard InChI is InChI=1S/C23H19F3N4/c24-23(25,26)15-10-8-14(9-11-15)21-18-13-27-22-20(18)17(6-3-4-12-28-30-22)16-5-1-2-7-19(16)29-21/h1-2,5,7-13,21,27,30H,3-4,6H2. The van der Waals surface area contributed by atoms with Crippen LogP contribution in [-0.2, 0) is 6.18 Å². The molecule has 1 unspecified atom stereocenters. The molecule has 0 fully saturated rings. The highest BCUT2D eigenvalue weighted by atomic mass is 19.4. The molecule has 0 radical (unpaired) electrons. The lowest BCUT2D eigenvalue weighted by molar-refractivity contribution is -0.137. The summed E-state index contributed by atoms with van der Waals surface area (Å²) in [6, 6.07) is 12.8. The van der Waals surface area contributed by atoms with Crippen LogP contribution in [-0.4, -0.2) is 11.2 Å². The van der Waals surface area contributed by atoms with Crippen molar-refractivity contribution in [1.82, 2.24) is 4.98 Å². The van der Waals surface area contributed by atoms with Gasteiger partial charge in [-0.05, 0) is 48.6 Å². The van der Waals surface area contributed by atoms with Crippen LogP contribution in [0, 0.1) is 0 Å². The summed E-state index contributed by atoms with van der Waals surface area (Å²) in [5, 5.41) is 6.19. The molecule has 2 aromatic carbocycles. The predicted octanol–water partition coefficient (Wildman–Crippen LogP) is 4.54. The zero-order valence-electron chi connectivity index (χ0n) is 16.0. The number of H-pyrrole nitrogens is 1. The second kappa shape index (κ2) is 7.16. The number of hydrazone groups is 1. The highest BCUT2D eigenvalue weighted by Crippen LogP contribution is 2.39. The van der Waals surface area contributed by atoms with Gasteiger partial charge in [-0.3, -0.25) is 10.4 Å². The molecule has 2 aliphatic rings. The van der Waals surface area contributed by atoms with Crippen molar-refractivity contribution in [2.45, 2.75) is 31.5 Å². The first-order valence-electron chi connectivity index (χ1n) is 9.85. The summed E-state index contributed by atoms with van der Waals surface area (Å²) >= 11 is 0. The van der Waals surface area contributed by atoms with Crippen molar-refractivity contribution in [3.8, 4) is 0 Å². The van der Waals surface area contributed by atoms with Crippen LogP contribution in [0.5, 0.6) is 0 Å². The van der Waals surface area contributed by atoms with Gasteiger partial charge < -0.3 is 4.98 Å². The van der Waals surface area contributed by atoms with Crippen LogP contribution in [0.1, 0.15) is 47.6 Å². The summed E-state index contributed by atoms with van der Waals surface area (Å²) in [6.45, 7) is 0. The molecule has 30 heavy (non-hydrogen) atoms. The molecule has 4 nitrogen and oxygen atoms in total. The van der Waals surface area contributed by atoms with Gasteiger partial charge in [0.1, 0.15) is 11.9 Å². The highest BCUT2D eigenvalue weighted by molar-refractivity contribution is 5.79. The lowest BCUT2D eigenvalue weighted by Gasteiger charge is -2.15. The minimum Gasteiger partial charge on any atom is -0.346 e. The van der Waals surface area contributed by atoms with E-state index >= 15 is 0 Å². The van der Waals surface area contributed by atoms with Gasteiger partial charge >= 0.3 is 6.18 Å². The fourth-order valence-corrected chi connectivity index (χ4v) is 4.17. The lowest BCUT2D eigenvalue weighted by atomic mass is 9.91. The average molecular weight is 408 g/mol. The van der Waals surface area contributed by atoms with Gasteiger partial charge in [-0.15, -0.1) is 0 Å². The average Bonchev–Trinajstić information content (AvgIpc) is 3.12. The Hall–Kier alpha value is -3.35. The first-order valence-corrected chi connectivity index (χ1v) is 9.85. The van der Waals surface area contributed by atoms with E-state index in [4.69, 9.17) is 4.99 Å². The maximum absolute atomic E-state index is 13.0. The van der Waals surface area contributed by atoms with Gasteiger partial charge in [-0.2, -0.15) is 18.3 Å². The Balaban J connectivity index is 1.74. The van der Waals surface area contributed by atoms with Crippen molar-refractivity contribution < 1.29 is 13.2 Å². The number of halogens is 3. The van der Waals surface area contributed by atoms with Crippen molar-refractivity contribution in [2.24, 2.45) is 10.1 Å². The molecule has 0 aliphatic carbocycles. The Morgan fingerprint density at radius 3 is 2.60 bits per heavy atom. The molecular formula is C23H19F3N4. The molecule has 1 atom stereocenters. The molecule has 152 valence electrons. The quantitative estimate of drug-likeness (QED) is 0.611. The van der Waals surface area contributed by atoms with Crippen LogP contribution in [0.3, 0.4) is 0 Å². The summed E-state index contributed by atoms with van der Waals surface area (Å²) in [7, 11) is 0. The number of nitrogens with one attached hydrogen (secondary N) is 2. The van der Waals surface area contributed by atoms with Crippen molar-refractivity contribution in [3.05, 3.63) is 87.6 Å². The number of para-hydroxylation sites is 1. The minimum atomic E-state index is -4.36. The molecule has 2 N–H and O–H groups in total. The number of rotatable bonds is 1. The van der Waals surface area contributed by atoms with E-state index < -0.39 is 17.8 Å². The smallest absolute Gasteiger partial charge is 0.346 e. The van der Waals surface area contributed by atoms with Gasteiger partial charge in [0.05, 0.1) is 10.9 Å². The maximum atomic E-state index is 13.0. The zero-order chi connectivity index (χ0) is 20.7. The molecule has 7 heteroatoms. The van der Waals surface area contributed by atoms with Crippen LogP contribution in [0.15, 0.2) is 64.8 Å². The first-order chi connectivity index (χ1) is 14.5. The Morgan fingerprint density at radius 2 is 1.80 bits per heavy atom. The molecule has 0 amide bonds. The van der Waals surface area contributed by atoms with Crippen LogP contribution in [0.4, 0.5) is 19.0 Å². The molecule has 1 aromatic heterocycles. The SMILES string of the molecule is FC(F)(F)c1ccc(C2N=c3ccccc3=C3CCCC=NNc4[nH]cc2c43)cc1. The Kier molecular flexibility index (Phi) is 4.46. The number of anilines is 1. The molecule has 0 saturated carbocycles. The second-order valence-corrected chi connectivity index (χ2v) is 7.46. The summed E-state index contributed by atoms with van der Waals surface area (Å²) in [5.41, 5.74) is 6.25. The second-order valence-electron chi connectivity index (χ2n) is 7.46. The highest BCUT2D eigenvalue weighted by Gasteiger charge is 2.31. The van der Waals surface area contributed by atoms with E-state index in [1.807, 2.05) is 30.6 Å². The van der Waals surface area contributed by atoms with Crippen molar-refractivity contribution in [3.63, 3.8) is 0 Å². The van der Waals surface area contributed by atoms with Gasteiger partial charge in [0.2, 0.25) is 0 Å². The molecule has 2 aliphatic heterocycles. The third-order valence-electron chi connectivity index (χ3n) is 5.59. The minimum absolute atomic E-state index is 0.419. The number of fused-ring (bicyclic) bond motifs is 1. The molecule has 3 aromatic rings. The summed E-state index contributed by atoms with van der Waals surface area (Å²) < 4.78 is 39.1. The zero-order valence-corrected chi connectivity index (χ0v) is 16.0. The molecule has 5 rings (SSSR count). The molecule has 3 heterocycles. The summed E-state index contributed by atoms with van der Waals surface area (Å²) in [6.07, 6.45) is 2.05. The lowest BCUT2D eigenvalue weighted by Crippen LogP contribution is -2.27. The van der Waals surface area contributed by atoms with Gasteiger partial charge in [-0.25, -0.2) is 0 Å². The normalized spacial score (nSPS) is 18.1. The van der Waals surface area contributed by atoms with Crippen LogP contribution in [0.25, 0.3) is 5.57 Å². The third kappa shape index (κ3) is 3.20. The fraction of sp³-hybridized carbons (Fsp3) is 0.217. The summed E-state index contributed by atoms with van der Waals surface area (Å²) in [4.78, 5) is 8.23. The van der Waals surface area contributed by atoms with E-state index in [0.717, 1.165) is 58.9 Å². The van der Waals surface area contributed by atoms with Gasteiger partial charge in [0.15, 0.2) is 0 Å². The van der Waals surface area contributed by atoms with Crippen LogP contribution < -0.4 is 16.0 Å². The van der Waals surface area contributed by atoms with E-state index in [1.54, 1.807) is 0 Å². The Bertz CT molecular complexity index is 1240. The van der Waals surface area contributed by atoms with Crippen molar-refractivity contribution in [1.29, 1.82) is 0 Å². The van der Waals surface area contributed by atoms with Gasteiger partial charge in [0, 0.05) is 28.8 Å². The van der Waals surface area contributed by atoms with Crippen LogP contribution in [0.2, 0.25) is 0 Å². The number of hydrogen-bond donors (Lipinski definition) is 2. The van der Waals surface area contributed by atoms with E-state index in [9.17, 15) is 13.2 Å².